The Labute approximate surface area is 78.4 Å². The van der Waals surface area contributed by atoms with E-state index >= 15 is 0 Å². The minimum absolute atomic E-state index is 0.0823. The molecule has 0 aliphatic heterocycles. The summed E-state index contributed by atoms with van der Waals surface area (Å²) in [6.45, 7) is 1.56. The monoisotopic (exact) mass is 172 g/mol. The Morgan fingerprint density at radius 3 is 1.62 bits per heavy atom. The summed E-state index contributed by atoms with van der Waals surface area (Å²) in [5.74, 6) is 0.0823. The molecule has 0 atom stereocenters. The maximum Gasteiger partial charge on any atom is 0.159 e. The molecule has 0 radical (unpaired) electrons. The summed E-state index contributed by atoms with van der Waals surface area (Å²) in [4.78, 5) is 11.1. The van der Waals surface area contributed by atoms with Crippen molar-refractivity contribution in [1.29, 1.82) is 0 Å². The Morgan fingerprint density at radius 2 is 1.23 bits per heavy atom. The molecule has 0 bridgehead atoms. The van der Waals surface area contributed by atoms with Crippen molar-refractivity contribution in [1.82, 2.24) is 0 Å². The molecule has 1 rings (SSSR count). The van der Waals surface area contributed by atoms with Crippen molar-refractivity contribution in [3.63, 3.8) is 0 Å². The van der Waals surface area contributed by atoms with Gasteiger partial charge in [-0.1, -0.05) is 54.6 Å². The first-order chi connectivity index (χ1) is 6.30. The van der Waals surface area contributed by atoms with Gasteiger partial charge >= 0.3 is 0 Å². The summed E-state index contributed by atoms with van der Waals surface area (Å²) in [6, 6.07) is 16.9. The second-order valence-electron chi connectivity index (χ2n) is 2.69. The average Bonchev–Trinajstić information content (AvgIpc) is 2.14. The lowest BCUT2D eigenvalue weighted by atomic mass is 10.2. The van der Waals surface area contributed by atoms with Crippen LogP contribution in [0, 0.1) is 0 Å². The SMILES string of the molecule is CC(=O)c1ccccccccc1. The summed E-state index contributed by atoms with van der Waals surface area (Å²) >= 11 is 0. The summed E-state index contributed by atoms with van der Waals surface area (Å²) in [5, 5.41) is 0. The average molecular weight is 172 g/mol. The van der Waals surface area contributed by atoms with E-state index in [9.17, 15) is 4.79 Å². The minimum atomic E-state index is 0.0823. The molecule has 1 nitrogen and oxygen atoms in total. The van der Waals surface area contributed by atoms with Crippen molar-refractivity contribution in [3.05, 3.63) is 60.2 Å². The molecular formula is C12H12O. The molecule has 0 heterocycles. The first kappa shape index (κ1) is 9.46. The Balaban J connectivity index is 3.19. The molecule has 0 aromatic heterocycles. The number of Topliss-reactive ketones (excluding diaryl/α,β-unsaturated/α-hetero) is 1. The van der Waals surface area contributed by atoms with Gasteiger partial charge in [0.25, 0.3) is 0 Å². The highest BCUT2D eigenvalue weighted by atomic mass is 16.1. The Kier molecular flexibility index (Phi) is 3.71. The highest BCUT2D eigenvalue weighted by Crippen LogP contribution is 1.95. The van der Waals surface area contributed by atoms with Gasteiger partial charge in [0, 0.05) is 5.56 Å². The fraction of sp³-hybridized carbons (Fsp3) is 0.0833. The summed E-state index contributed by atoms with van der Waals surface area (Å²) in [5.41, 5.74) is 0.719. The number of hydrogen-bond donors (Lipinski definition) is 0. The molecule has 1 heteroatoms. The molecular weight excluding hydrogens is 160 g/mol. The van der Waals surface area contributed by atoms with Crippen molar-refractivity contribution in [2.24, 2.45) is 0 Å². The molecule has 0 saturated heterocycles. The van der Waals surface area contributed by atoms with E-state index in [1.165, 1.54) is 0 Å². The van der Waals surface area contributed by atoms with Gasteiger partial charge in [-0.05, 0) is 6.92 Å². The van der Waals surface area contributed by atoms with Crippen LogP contribution in [-0.4, -0.2) is 5.78 Å². The van der Waals surface area contributed by atoms with Crippen LogP contribution in [0.1, 0.15) is 17.3 Å². The van der Waals surface area contributed by atoms with Gasteiger partial charge in [0.05, 0.1) is 0 Å². The van der Waals surface area contributed by atoms with E-state index < -0.39 is 0 Å². The molecule has 0 fully saturated rings. The van der Waals surface area contributed by atoms with Gasteiger partial charge in [0.2, 0.25) is 0 Å². The van der Waals surface area contributed by atoms with Crippen molar-refractivity contribution < 1.29 is 4.79 Å². The predicted octanol–water partition coefficient (Wildman–Crippen LogP) is 3.01. The van der Waals surface area contributed by atoms with Crippen LogP contribution in [0.15, 0.2) is 54.6 Å². The van der Waals surface area contributed by atoms with E-state index in [0.29, 0.717) is 0 Å². The molecule has 0 aliphatic rings. The van der Waals surface area contributed by atoms with Crippen LogP contribution in [-0.2, 0) is 0 Å². The summed E-state index contributed by atoms with van der Waals surface area (Å²) in [7, 11) is 0. The van der Waals surface area contributed by atoms with Crippen LogP contribution in [0.4, 0.5) is 0 Å². The van der Waals surface area contributed by atoms with Crippen molar-refractivity contribution in [2.75, 3.05) is 0 Å². The first-order valence-electron chi connectivity index (χ1n) is 4.20. The number of carbonyl (C=O) groups is 1. The van der Waals surface area contributed by atoms with Crippen molar-refractivity contribution in [2.45, 2.75) is 6.92 Å². The summed E-state index contributed by atoms with van der Waals surface area (Å²) < 4.78 is 0. The number of hydrogen-bond acceptors (Lipinski definition) is 1. The molecule has 1 aromatic carbocycles. The molecule has 0 N–H and O–H groups in total. The largest absolute Gasteiger partial charge is 0.295 e. The minimum Gasteiger partial charge on any atom is -0.295 e. The highest BCUT2D eigenvalue weighted by molar-refractivity contribution is 5.93. The van der Waals surface area contributed by atoms with E-state index in [2.05, 4.69) is 0 Å². The van der Waals surface area contributed by atoms with Crippen LogP contribution >= 0.6 is 0 Å². The number of rotatable bonds is 1. The fourth-order valence-corrected chi connectivity index (χ4v) is 0.929. The highest BCUT2D eigenvalue weighted by Gasteiger charge is 1.91. The molecule has 0 unspecified atom stereocenters. The zero-order valence-corrected chi connectivity index (χ0v) is 7.60. The van der Waals surface area contributed by atoms with E-state index in [1.54, 1.807) is 6.92 Å². The second-order valence-corrected chi connectivity index (χ2v) is 2.69. The zero-order valence-electron chi connectivity index (χ0n) is 7.60. The van der Waals surface area contributed by atoms with E-state index in [1.807, 2.05) is 54.6 Å². The van der Waals surface area contributed by atoms with Crippen LogP contribution in [0.3, 0.4) is 0 Å². The lowest BCUT2D eigenvalue weighted by Crippen LogP contribution is -1.87. The smallest absolute Gasteiger partial charge is 0.159 e. The lowest BCUT2D eigenvalue weighted by molar-refractivity contribution is 0.101. The fourth-order valence-electron chi connectivity index (χ4n) is 0.929. The first-order valence-corrected chi connectivity index (χ1v) is 4.20. The number of carbonyl (C=O) groups excluding carboxylic acids is 1. The van der Waals surface area contributed by atoms with Crippen LogP contribution < -0.4 is 0 Å². The Hall–Kier alpha value is -1.63. The molecule has 0 aliphatic carbocycles. The maximum atomic E-state index is 11.1. The standard InChI is InChI=1S/C12H12O/c1-11(13)12-9-7-5-3-2-4-6-8-10-12/h2-10H,1H3. The normalized spacial score (nSPS) is 8.69. The quantitative estimate of drug-likeness (QED) is 0.595. The van der Waals surface area contributed by atoms with Gasteiger partial charge in [-0.25, -0.2) is 0 Å². The van der Waals surface area contributed by atoms with Gasteiger partial charge in [-0.2, -0.15) is 0 Å². The Bertz CT molecular complexity index is 316. The van der Waals surface area contributed by atoms with Crippen LogP contribution in [0.25, 0.3) is 0 Å². The van der Waals surface area contributed by atoms with Gasteiger partial charge in [0.1, 0.15) is 0 Å². The molecule has 0 saturated carbocycles. The van der Waals surface area contributed by atoms with Gasteiger partial charge in [0.15, 0.2) is 5.78 Å². The third kappa shape index (κ3) is 3.52. The van der Waals surface area contributed by atoms with E-state index in [4.69, 9.17) is 0 Å². The van der Waals surface area contributed by atoms with Crippen molar-refractivity contribution in [3.8, 4) is 0 Å². The van der Waals surface area contributed by atoms with Gasteiger partial charge < -0.3 is 0 Å². The molecule has 66 valence electrons. The topological polar surface area (TPSA) is 17.1 Å². The Morgan fingerprint density at radius 1 is 0.846 bits per heavy atom. The molecule has 13 heavy (non-hydrogen) atoms. The van der Waals surface area contributed by atoms with Crippen LogP contribution in [0.2, 0.25) is 0 Å². The maximum absolute atomic E-state index is 11.1. The number of ketones is 1. The van der Waals surface area contributed by atoms with Crippen LogP contribution in [0.5, 0.6) is 0 Å². The molecule has 0 spiro atoms. The van der Waals surface area contributed by atoms with Crippen molar-refractivity contribution >= 4 is 5.78 Å². The third-order valence-electron chi connectivity index (χ3n) is 1.62. The van der Waals surface area contributed by atoms with Gasteiger partial charge in [-0.15, -0.1) is 0 Å². The van der Waals surface area contributed by atoms with Gasteiger partial charge in [-0.3, -0.25) is 4.79 Å². The van der Waals surface area contributed by atoms with E-state index in [0.717, 1.165) is 5.56 Å². The second kappa shape index (κ2) is 5.09. The molecule has 1 aromatic rings. The lowest BCUT2D eigenvalue weighted by Gasteiger charge is -1.87. The third-order valence-corrected chi connectivity index (χ3v) is 1.62. The van der Waals surface area contributed by atoms with E-state index in [-0.39, 0.29) is 5.78 Å². The summed E-state index contributed by atoms with van der Waals surface area (Å²) in [6.07, 6.45) is 0. The zero-order chi connectivity index (χ0) is 9.52. The molecule has 0 amide bonds. The predicted molar refractivity (Wildman–Crippen MR) is 54.1 cm³/mol.